The van der Waals surface area contributed by atoms with Crippen LogP contribution in [0.4, 0.5) is 28.4 Å². The van der Waals surface area contributed by atoms with E-state index in [1.54, 1.807) is 36.4 Å². The van der Waals surface area contributed by atoms with Crippen molar-refractivity contribution < 1.29 is 9.53 Å². The summed E-state index contributed by atoms with van der Waals surface area (Å²) < 4.78 is 5.63. The predicted octanol–water partition coefficient (Wildman–Crippen LogP) is 9.84. The third kappa shape index (κ3) is 7.69. The van der Waals surface area contributed by atoms with Crippen molar-refractivity contribution in [3.63, 3.8) is 0 Å². The van der Waals surface area contributed by atoms with Crippen LogP contribution in [0.1, 0.15) is 48.7 Å². The fourth-order valence-electron chi connectivity index (χ4n) is 4.20. The molecule has 0 fully saturated rings. The van der Waals surface area contributed by atoms with Gasteiger partial charge in [0.1, 0.15) is 5.75 Å². The number of aryl methyl sites for hydroxylation is 2. The van der Waals surface area contributed by atoms with Gasteiger partial charge in [-0.05, 0) is 117 Å². The molecule has 0 aliphatic rings. The van der Waals surface area contributed by atoms with Crippen LogP contribution in [-0.4, -0.2) is 19.1 Å². The van der Waals surface area contributed by atoms with E-state index in [0.29, 0.717) is 22.7 Å². The van der Waals surface area contributed by atoms with Gasteiger partial charge in [0.2, 0.25) is 0 Å². The van der Waals surface area contributed by atoms with Gasteiger partial charge in [0.25, 0.3) is 0 Å². The zero-order valence-electron chi connectivity index (χ0n) is 23.5. The highest BCUT2D eigenvalue weighted by molar-refractivity contribution is 5.91. The molecule has 4 aromatic carbocycles. The van der Waals surface area contributed by atoms with Gasteiger partial charge in [-0.3, -0.25) is 0 Å². The van der Waals surface area contributed by atoms with Gasteiger partial charge < -0.3 is 9.64 Å². The number of rotatable bonds is 11. The first-order valence-corrected chi connectivity index (χ1v) is 13.7. The van der Waals surface area contributed by atoms with E-state index in [0.717, 1.165) is 48.6 Å². The molecule has 0 saturated carbocycles. The van der Waals surface area contributed by atoms with E-state index in [1.807, 2.05) is 49.4 Å². The second kappa shape index (κ2) is 13.9. The van der Waals surface area contributed by atoms with E-state index < -0.39 is 5.97 Å². The lowest BCUT2D eigenvalue weighted by molar-refractivity contribution is 0.0733. The Kier molecular flexibility index (Phi) is 9.88. The summed E-state index contributed by atoms with van der Waals surface area (Å²) in [5, 5.41) is 17.2. The van der Waals surface area contributed by atoms with Crippen molar-refractivity contribution in [1.29, 1.82) is 0 Å². The molecule has 40 heavy (non-hydrogen) atoms. The zero-order valence-corrected chi connectivity index (χ0v) is 23.5. The fourth-order valence-corrected chi connectivity index (χ4v) is 4.20. The Bertz CT molecular complexity index is 1460. The van der Waals surface area contributed by atoms with E-state index in [1.165, 1.54) is 5.56 Å². The van der Waals surface area contributed by atoms with Gasteiger partial charge in [-0.1, -0.05) is 25.5 Å². The monoisotopic (exact) mass is 533 g/mol. The Labute approximate surface area is 236 Å². The van der Waals surface area contributed by atoms with Crippen molar-refractivity contribution in [2.75, 3.05) is 18.0 Å². The smallest absolute Gasteiger partial charge is 0.343 e. The third-order valence-corrected chi connectivity index (χ3v) is 6.48. The number of carbonyl (C=O) groups is 1. The van der Waals surface area contributed by atoms with Gasteiger partial charge in [0, 0.05) is 18.8 Å². The van der Waals surface area contributed by atoms with Crippen molar-refractivity contribution in [2.45, 2.75) is 40.5 Å². The van der Waals surface area contributed by atoms with Crippen LogP contribution in [0.2, 0.25) is 0 Å². The zero-order chi connectivity index (χ0) is 28.3. The van der Waals surface area contributed by atoms with Crippen molar-refractivity contribution in [3.8, 4) is 5.75 Å². The quantitative estimate of drug-likeness (QED) is 0.109. The minimum atomic E-state index is -0.444. The van der Waals surface area contributed by atoms with E-state index >= 15 is 0 Å². The van der Waals surface area contributed by atoms with E-state index in [9.17, 15) is 4.79 Å². The molecule has 0 radical (unpaired) electrons. The fraction of sp³-hybridized carbons (Fsp3) is 0.242. The first-order chi connectivity index (χ1) is 19.5. The molecule has 0 saturated heterocycles. The first kappa shape index (κ1) is 28.4. The number of esters is 1. The molecule has 0 bridgehead atoms. The average Bonchev–Trinajstić information content (AvgIpc) is 2.98. The molecular formula is C33H35N5O2. The number of hydrogen-bond donors (Lipinski definition) is 0. The molecule has 0 aliphatic heterocycles. The Morgan fingerprint density at radius 2 is 1.18 bits per heavy atom. The molecule has 7 nitrogen and oxygen atoms in total. The Morgan fingerprint density at radius 1 is 0.675 bits per heavy atom. The van der Waals surface area contributed by atoms with Crippen LogP contribution < -0.4 is 9.64 Å². The highest BCUT2D eigenvalue weighted by atomic mass is 16.5. The van der Waals surface area contributed by atoms with Gasteiger partial charge in [-0.25, -0.2) is 4.79 Å². The second-order valence-corrected chi connectivity index (χ2v) is 9.39. The minimum absolute atomic E-state index is 0.428. The van der Waals surface area contributed by atoms with Gasteiger partial charge in [0.15, 0.2) is 0 Å². The molecule has 0 aliphatic carbocycles. The summed E-state index contributed by atoms with van der Waals surface area (Å²) in [6.45, 7) is 10.2. The summed E-state index contributed by atoms with van der Waals surface area (Å²) in [6.07, 6.45) is 2.17. The van der Waals surface area contributed by atoms with Crippen molar-refractivity contribution >= 4 is 34.4 Å². The van der Waals surface area contributed by atoms with E-state index in [4.69, 9.17) is 4.74 Å². The summed E-state index contributed by atoms with van der Waals surface area (Å²) in [5.41, 5.74) is 6.57. The molecule has 4 aromatic rings. The molecule has 4 rings (SSSR count). The molecular weight excluding hydrogens is 498 g/mol. The summed E-state index contributed by atoms with van der Waals surface area (Å²) in [6, 6.07) is 28.3. The van der Waals surface area contributed by atoms with Crippen LogP contribution in [0.15, 0.2) is 111 Å². The number of nitrogens with zero attached hydrogens (tertiary/aromatic N) is 5. The highest BCUT2D eigenvalue weighted by Crippen LogP contribution is 2.27. The van der Waals surface area contributed by atoms with Crippen LogP contribution in [0.25, 0.3) is 0 Å². The van der Waals surface area contributed by atoms with Crippen molar-refractivity contribution in [2.24, 2.45) is 20.5 Å². The maximum atomic E-state index is 12.7. The van der Waals surface area contributed by atoms with Gasteiger partial charge >= 0.3 is 5.97 Å². The minimum Gasteiger partial charge on any atom is -0.423 e. The molecule has 204 valence electrons. The lowest BCUT2D eigenvalue weighted by atomic mass is 10.1. The predicted molar refractivity (Wildman–Crippen MR) is 161 cm³/mol. The normalized spacial score (nSPS) is 11.3. The molecule has 0 heterocycles. The molecule has 0 atom stereocenters. The summed E-state index contributed by atoms with van der Waals surface area (Å²) in [7, 11) is 0. The number of hydrogen-bond acceptors (Lipinski definition) is 7. The highest BCUT2D eigenvalue weighted by Gasteiger charge is 2.11. The maximum absolute atomic E-state index is 12.7. The van der Waals surface area contributed by atoms with Crippen LogP contribution in [0.3, 0.4) is 0 Å². The summed E-state index contributed by atoms with van der Waals surface area (Å²) in [4.78, 5) is 15.0. The second-order valence-electron chi connectivity index (χ2n) is 9.39. The van der Waals surface area contributed by atoms with E-state index in [-0.39, 0.29) is 0 Å². The molecule has 0 spiro atoms. The number of ether oxygens (including phenoxy) is 1. The van der Waals surface area contributed by atoms with Crippen molar-refractivity contribution in [1.82, 2.24) is 0 Å². The average molecular weight is 534 g/mol. The van der Waals surface area contributed by atoms with Gasteiger partial charge in [-0.2, -0.15) is 20.5 Å². The van der Waals surface area contributed by atoms with E-state index in [2.05, 4.69) is 58.3 Å². The molecule has 0 N–H and O–H groups in total. The standard InChI is InChI=1S/C33H35N5O2/c1-5-8-25-9-13-27(14-10-25)36-37-30-19-22-32(24(4)23-30)40-33(39)26-11-15-28(16-12-26)34-35-29-17-20-31(21-18-29)38(6-2)7-3/h9-23H,5-8H2,1-4H3. The lowest BCUT2D eigenvalue weighted by Crippen LogP contribution is -2.21. The largest absolute Gasteiger partial charge is 0.423 e. The first-order valence-electron chi connectivity index (χ1n) is 13.7. The van der Waals surface area contributed by atoms with Crippen LogP contribution in [0.5, 0.6) is 5.75 Å². The van der Waals surface area contributed by atoms with Crippen molar-refractivity contribution in [3.05, 3.63) is 108 Å². The number of anilines is 1. The molecule has 0 unspecified atom stereocenters. The van der Waals surface area contributed by atoms with Gasteiger partial charge in [0.05, 0.1) is 28.3 Å². The summed E-state index contributed by atoms with van der Waals surface area (Å²) in [5.74, 6) is 0.0323. The lowest BCUT2D eigenvalue weighted by Gasteiger charge is -2.20. The third-order valence-electron chi connectivity index (χ3n) is 6.48. The molecule has 0 amide bonds. The van der Waals surface area contributed by atoms with Gasteiger partial charge in [-0.15, -0.1) is 0 Å². The number of benzene rings is 4. The molecule has 0 aromatic heterocycles. The Hall–Kier alpha value is -4.65. The Balaban J connectivity index is 1.34. The SMILES string of the molecule is CCCc1ccc(N=Nc2ccc(OC(=O)c3ccc(N=Nc4ccc(N(CC)CC)cc4)cc3)c(C)c2)cc1. The number of azo groups is 2. The van der Waals surface area contributed by atoms with Crippen LogP contribution in [-0.2, 0) is 6.42 Å². The summed E-state index contributed by atoms with van der Waals surface area (Å²) >= 11 is 0. The maximum Gasteiger partial charge on any atom is 0.343 e. The van der Waals surface area contributed by atoms with Crippen LogP contribution in [0, 0.1) is 6.92 Å². The molecule has 7 heteroatoms. The number of carbonyl (C=O) groups excluding carboxylic acids is 1. The Morgan fingerprint density at radius 3 is 1.70 bits per heavy atom. The van der Waals surface area contributed by atoms with Crippen LogP contribution >= 0.6 is 0 Å². The topological polar surface area (TPSA) is 79.0 Å².